The number of nitrogens with zero attached hydrogens (tertiary/aromatic N) is 6. The van der Waals surface area contributed by atoms with Gasteiger partial charge in [-0.3, -0.25) is 19.6 Å². The van der Waals surface area contributed by atoms with Gasteiger partial charge in [0, 0.05) is 18.8 Å². The monoisotopic (exact) mass is 420 g/mol. The second-order valence-electron chi connectivity index (χ2n) is 8.23. The lowest BCUT2D eigenvalue weighted by Gasteiger charge is -2.30. The molecule has 3 aromatic rings. The normalized spacial score (nSPS) is 17.1. The highest BCUT2D eigenvalue weighted by molar-refractivity contribution is 6.35. The van der Waals surface area contributed by atoms with Crippen LogP contribution >= 0.6 is 11.6 Å². The molecule has 0 saturated heterocycles. The Hall–Kier alpha value is -3.19. The van der Waals surface area contributed by atoms with Gasteiger partial charge in [-0.25, -0.2) is 9.67 Å². The lowest BCUT2D eigenvalue weighted by atomic mass is 10.1. The fraction of sp³-hybridized carbons (Fsp3) is 0.273. The van der Waals surface area contributed by atoms with E-state index in [1.54, 1.807) is 22.8 Å². The highest BCUT2D eigenvalue weighted by atomic mass is 35.5. The van der Waals surface area contributed by atoms with E-state index in [1.807, 2.05) is 61.2 Å². The van der Waals surface area contributed by atoms with E-state index < -0.39 is 0 Å². The van der Waals surface area contributed by atoms with Crippen LogP contribution in [0.15, 0.2) is 53.7 Å². The highest BCUT2D eigenvalue weighted by Gasteiger charge is 2.44. The number of carbonyl (C=O) groups excluding carboxylic acids is 1. The number of halogens is 1. The molecule has 8 heteroatoms. The van der Waals surface area contributed by atoms with Crippen LogP contribution in [0.4, 0.5) is 5.82 Å². The molecule has 4 heterocycles. The smallest absolute Gasteiger partial charge is 0.267 e. The molecule has 152 valence electrons. The molecular weight excluding hydrogens is 400 g/mol. The van der Waals surface area contributed by atoms with E-state index in [0.717, 1.165) is 16.8 Å². The second-order valence-corrected chi connectivity index (χ2v) is 8.59. The SMILES string of the molecule is CN1C(=O)c2c(nn(Cc3ccc(-c4ccccn4)cc3)c2Cl)N2CC(C)(C)N=C12. The predicted octanol–water partition coefficient (Wildman–Crippen LogP) is 3.69. The maximum absolute atomic E-state index is 12.9. The summed E-state index contributed by atoms with van der Waals surface area (Å²) < 4.78 is 1.68. The average molecular weight is 421 g/mol. The summed E-state index contributed by atoms with van der Waals surface area (Å²) in [4.78, 5) is 25.5. The van der Waals surface area contributed by atoms with Gasteiger partial charge in [-0.15, -0.1) is 0 Å². The number of benzene rings is 1. The highest BCUT2D eigenvalue weighted by Crippen LogP contribution is 2.37. The van der Waals surface area contributed by atoms with Gasteiger partial charge in [-0.1, -0.05) is 41.9 Å². The molecule has 0 atom stereocenters. The second kappa shape index (κ2) is 6.67. The van der Waals surface area contributed by atoms with Crippen LogP contribution in [0, 0.1) is 0 Å². The number of aromatic nitrogens is 3. The van der Waals surface area contributed by atoms with Crippen LogP contribution in [0.3, 0.4) is 0 Å². The Bertz CT molecular complexity index is 1170. The number of anilines is 1. The maximum atomic E-state index is 12.9. The van der Waals surface area contributed by atoms with Gasteiger partial charge in [0.05, 0.1) is 24.3 Å². The van der Waals surface area contributed by atoms with Crippen molar-refractivity contribution >= 4 is 29.3 Å². The van der Waals surface area contributed by atoms with E-state index in [0.29, 0.717) is 35.6 Å². The van der Waals surface area contributed by atoms with E-state index in [4.69, 9.17) is 11.6 Å². The van der Waals surface area contributed by atoms with Crippen LogP contribution < -0.4 is 4.90 Å². The molecule has 1 amide bonds. The Morgan fingerprint density at radius 1 is 1.13 bits per heavy atom. The number of rotatable bonds is 3. The minimum Gasteiger partial charge on any atom is -0.292 e. The zero-order valence-electron chi connectivity index (χ0n) is 17.0. The van der Waals surface area contributed by atoms with Crippen molar-refractivity contribution in [2.24, 2.45) is 4.99 Å². The summed E-state index contributed by atoms with van der Waals surface area (Å²) in [6, 6.07) is 14.0. The number of carbonyl (C=O) groups is 1. The molecule has 0 aliphatic carbocycles. The zero-order valence-corrected chi connectivity index (χ0v) is 17.8. The summed E-state index contributed by atoms with van der Waals surface area (Å²) in [6.07, 6.45) is 1.78. The van der Waals surface area contributed by atoms with Crippen LogP contribution in [-0.4, -0.2) is 50.7 Å². The lowest BCUT2D eigenvalue weighted by molar-refractivity contribution is 0.0865. The van der Waals surface area contributed by atoms with Crippen LogP contribution in [0.1, 0.15) is 29.8 Å². The Labute approximate surface area is 179 Å². The summed E-state index contributed by atoms with van der Waals surface area (Å²) in [5.41, 5.74) is 3.15. The molecule has 0 bridgehead atoms. The third-order valence-corrected chi connectivity index (χ3v) is 5.77. The van der Waals surface area contributed by atoms with E-state index in [2.05, 4.69) is 15.1 Å². The summed E-state index contributed by atoms with van der Waals surface area (Å²) >= 11 is 6.62. The molecule has 0 unspecified atom stereocenters. The summed E-state index contributed by atoms with van der Waals surface area (Å²) in [6.45, 7) is 5.20. The standard InChI is InChI=1S/C22H21ClN6O/c1-22(2)13-28-19-17(20(30)27(3)21(28)25-22)18(23)29(26-19)12-14-7-9-15(10-8-14)16-6-4-5-11-24-16/h4-11H,12-13H2,1-3H3. The number of amides is 1. The van der Waals surface area contributed by atoms with Crippen molar-refractivity contribution in [3.05, 3.63) is 64.9 Å². The molecular formula is C22H21ClN6O. The molecule has 2 aromatic heterocycles. The van der Waals surface area contributed by atoms with E-state index >= 15 is 0 Å². The number of hydrogen-bond donors (Lipinski definition) is 0. The van der Waals surface area contributed by atoms with Crippen molar-refractivity contribution in [2.75, 3.05) is 18.5 Å². The van der Waals surface area contributed by atoms with Gasteiger partial charge in [-0.2, -0.15) is 5.10 Å². The fourth-order valence-corrected chi connectivity index (χ4v) is 4.17. The summed E-state index contributed by atoms with van der Waals surface area (Å²) in [7, 11) is 1.72. The molecule has 0 saturated carbocycles. The molecule has 0 spiro atoms. The number of hydrogen-bond acceptors (Lipinski definition) is 5. The molecule has 30 heavy (non-hydrogen) atoms. The van der Waals surface area contributed by atoms with E-state index in [1.165, 1.54) is 0 Å². The van der Waals surface area contributed by atoms with E-state index in [-0.39, 0.29) is 11.4 Å². The van der Waals surface area contributed by atoms with Gasteiger partial charge in [0.15, 0.2) is 5.82 Å². The summed E-state index contributed by atoms with van der Waals surface area (Å²) in [5, 5.41) is 5.04. The van der Waals surface area contributed by atoms with Crippen molar-refractivity contribution in [3.8, 4) is 11.3 Å². The summed E-state index contributed by atoms with van der Waals surface area (Å²) in [5.74, 6) is 1.02. The van der Waals surface area contributed by atoms with Crippen LogP contribution in [0.2, 0.25) is 5.15 Å². The Kier molecular flexibility index (Phi) is 4.18. The number of aliphatic imine (C=N–C) groups is 1. The molecule has 0 fully saturated rings. The first kappa shape index (κ1) is 18.8. The minimum atomic E-state index is -0.289. The van der Waals surface area contributed by atoms with Crippen LogP contribution in [0.5, 0.6) is 0 Å². The first-order valence-corrected chi connectivity index (χ1v) is 10.1. The number of guanidine groups is 1. The molecule has 0 radical (unpaired) electrons. The topological polar surface area (TPSA) is 66.6 Å². The zero-order chi connectivity index (χ0) is 21.0. The quantitative estimate of drug-likeness (QED) is 0.648. The van der Waals surface area contributed by atoms with Crippen molar-refractivity contribution in [1.29, 1.82) is 0 Å². The Morgan fingerprint density at radius 2 is 1.90 bits per heavy atom. The van der Waals surface area contributed by atoms with Crippen LogP contribution in [-0.2, 0) is 6.54 Å². The average Bonchev–Trinajstić information content (AvgIpc) is 3.24. The van der Waals surface area contributed by atoms with Crippen LogP contribution in [0.25, 0.3) is 11.3 Å². The third-order valence-electron chi connectivity index (χ3n) is 5.38. The fourth-order valence-electron chi connectivity index (χ4n) is 3.90. The van der Waals surface area contributed by atoms with Gasteiger partial charge in [0.2, 0.25) is 5.96 Å². The first-order valence-electron chi connectivity index (χ1n) is 9.76. The number of fused-ring (bicyclic) bond motifs is 3. The largest absolute Gasteiger partial charge is 0.292 e. The van der Waals surface area contributed by atoms with Crippen molar-refractivity contribution in [3.63, 3.8) is 0 Å². The molecule has 2 aliphatic heterocycles. The lowest BCUT2D eigenvalue weighted by Crippen LogP contribution is -2.48. The molecule has 0 N–H and O–H groups in total. The van der Waals surface area contributed by atoms with Crippen molar-refractivity contribution in [1.82, 2.24) is 19.7 Å². The van der Waals surface area contributed by atoms with Gasteiger partial charge in [0.1, 0.15) is 10.7 Å². The minimum absolute atomic E-state index is 0.181. The maximum Gasteiger partial charge on any atom is 0.267 e. The van der Waals surface area contributed by atoms with Crippen molar-refractivity contribution < 1.29 is 4.79 Å². The van der Waals surface area contributed by atoms with Gasteiger partial charge in [-0.05, 0) is 31.5 Å². The van der Waals surface area contributed by atoms with Gasteiger partial charge < -0.3 is 0 Å². The molecule has 7 nitrogen and oxygen atoms in total. The van der Waals surface area contributed by atoms with Gasteiger partial charge >= 0.3 is 0 Å². The first-order chi connectivity index (χ1) is 14.3. The van der Waals surface area contributed by atoms with Crippen molar-refractivity contribution in [2.45, 2.75) is 25.9 Å². The Balaban J connectivity index is 1.47. The molecule has 1 aromatic carbocycles. The predicted molar refractivity (Wildman–Crippen MR) is 117 cm³/mol. The molecule has 5 rings (SSSR count). The number of pyridine rings is 1. The molecule has 2 aliphatic rings. The third kappa shape index (κ3) is 2.97. The van der Waals surface area contributed by atoms with E-state index in [9.17, 15) is 4.79 Å². The Morgan fingerprint density at radius 3 is 2.60 bits per heavy atom. The van der Waals surface area contributed by atoms with Gasteiger partial charge in [0.25, 0.3) is 5.91 Å².